The molecule has 0 amide bonds. The van der Waals surface area contributed by atoms with Crippen LogP contribution in [0.5, 0.6) is 0 Å². The van der Waals surface area contributed by atoms with E-state index < -0.39 is 0 Å². The molecule has 0 bridgehead atoms. The van der Waals surface area contributed by atoms with Gasteiger partial charge in [0, 0.05) is 35.3 Å². The Hall–Kier alpha value is -1.81. The van der Waals surface area contributed by atoms with E-state index >= 15 is 0 Å². The zero-order chi connectivity index (χ0) is 12.7. The molecule has 0 radical (unpaired) electrons. The molecule has 1 aliphatic rings. The molecule has 0 saturated heterocycles. The van der Waals surface area contributed by atoms with Gasteiger partial charge >= 0.3 is 0 Å². The van der Waals surface area contributed by atoms with Crippen molar-refractivity contribution in [1.29, 1.82) is 0 Å². The Bertz CT molecular complexity index is 608. The van der Waals surface area contributed by atoms with Crippen molar-refractivity contribution < 1.29 is 0 Å². The van der Waals surface area contributed by atoms with E-state index in [1.807, 2.05) is 26.2 Å². The van der Waals surface area contributed by atoms with Crippen LogP contribution in [-0.2, 0) is 0 Å². The van der Waals surface area contributed by atoms with Gasteiger partial charge in [0.2, 0.25) is 0 Å². The van der Waals surface area contributed by atoms with Gasteiger partial charge in [-0.05, 0) is 36.4 Å². The predicted octanol–water partition coefficient (Wildman–Crippen LogP) is 3.54. The van der Waals surface area contributed by atoms with E-state index in [1.165, 1.54) is 15.5 Å². The van der Waals surface area contributed by atoms with Crippen LogP contribution in [0, 0.1) is 0 Å². The second-order valence-electron chi connectivity index (χ2n) is 4.56. The zero-order valence-electron chi connectivity index (χ0n) is 10.4. The quantitative estimate of drug-likeness (QED) is 0.654. The average Bonchev–Trinajstić information content (AvgIpc) is 2.35. The first-order chi connectivity index (χ1) is 8.63. The van der Waals surface area contributed by atoms with Gasteiger partial charge in [-0.3, -0.25) is 0 Å². The maximum absolute atomic E-state index is 5.82. The SMILES string of the molecule is CN(C)c1ccc2c(c1)Nc1cc(N)ccc1S2. The Morgan fingerprint density at radius 1 is 1.00 bits per heavy atom. The Kier molecular flexibility index (Phi) is 2.59. The van der Waals surface area contributed by atoms with E-state index in [0.29, 0.717) is 0 Å². The Balaban J connectivity index is 2.03. The summed E-state index contributed by atoms with van der Waals surface area (Å²) in [5.74, 6) is 0. The third-order valence-electron chi connectivity index (χ3n) is 2.97. The van der Waals surface area contributed by atoms with Crippen molar-refractivity contribution in [3.05, 3.63) is 36.4 Å². The summed E-state index contributed by atoms with van der Waals surface area (Å²) >= 11 is 1.78. The maximum atomic E-state index is 5.82. The molecule has 0 spiro atoms. The average molecular weight is 257 g/mol. The van der Waals surface area contributed by atoms with Gasteiger partial charge in [0.05, 0.1) is 11.4 Å². The molecule has 0 aromatic heterocycles. The van der Waals surface area contributed by atoms with Gasteiger partial charge in [-0.1, -0.05) is 11.8 Å². The lowest BCUT2D eigenvalue weighted by Crippen LogP contribution is -2.09. The van der Waals surface area contributed by atoms with Gasteiger partial charge in [-0.25, -0.2) is 0 Å². The minimum atomic E-state index is 0.786. The molecule has 1 aliphatic heterocycles. The predicted molar refractivity (Wildman–Crippen MR) is 79.0 cm³/mol. The summed E-state index contributed by atoms with van der Waals surface area (Å²) in [7, 11) is 4.09. The second-order valence-corrected chi connectivity index (χ2v) is 5.64. The van der Waals surface area contributed by atoms with Gasteiger partial charge in [-0.15, -0.1) is 0 Å². The third kappa shape index (κ3) is 1.88. The van der Waals surface area contributed by atoms with E-state index in [4.69, 9.17) is 5.73 Å². The van der Waals surface area contributed by atoms with Crippen LogP contribution >= 0.6 is 11.8 Å². The topological polar surface area (TPSA) is 41.3 Å². The molecular formula is C14H15N3S. The van der Waals surface area contributed by atoms with Gasteiger partial charge < -0.3 is 16.0 Å². The fourth-order valence-electron chi connectivity index (χ4n) is 1.98. The van der Waals surface area contributed by atoms with Crippen molar-refractivity contribution in [1.82, 2.24) is 0 Å². The number of nitrogens with zero attached hydrogens (tertiary/aromatic N) is 1. The number of nitrogens with one attached hydrogen (secondary N) is 1. The molecule has 2 aromatic rings. The van der Waals surface area contributed by atoms with Crippen LogP contribution in [0.25, 0.3) is 0 Å². The monoisotopic (exact) mass is 257 g/mol. The second kappa shape index (κ2) is 4.14. The van der Waals surface area contributed by atoms with E-state index in [-0.39, 0.29) is 0 Å². The minimum Gasteiger partial charge on any atom is -0.399 e. The summed E-state index contributed by atoms with van der Waals surface area (Å²) in [6.45, 7) is 0. The van der Waals surface area contributed by atoms with Crippen molar-refractivity contribution in [3.63, 3.8) is 0 Å². The molecule has 0 saturated carbocycles. The van der Waals surface area contributed by atoms with E-state index in [9.17, 15) is 0 Å². The lowest BCUT2D eigenvalue weighted by atomic mass is 10.2. The van der Waals surface area contributed by atoms with E-state index in [0.717, 1.165) is 17.1 Å². The number of hydrogen-bond donors (Lipinski definition) is 2. The number of rotatable bonds is 1. The molecule has 3 rings (SSSR count). The van der Waals surface area contributed by atoms with Crippen molar-refractivity contribution >= 4 is 34.5 Å². The highest BCUT2D eigenvalue weighted by Gasteiger charge is 2.16. The Morgan fingerprint density at radius 2 is 1.67 bits per heavy atom. The first-order valence-electron chi connectivity index (χ1n) is 5.79. The highest BCUT2D eigenvalue weighted by molar-refractivity contribution is 7.99. The fraction of sp³-hybridized carbons (Fsp3) is 0.143. The minimum absolute atomic E-state index is 0.786. The van der Waals surface area contributed by atoms with Gasteiger partial charge in [-0.2, -0.15) is 0 Å². The number of nitrogen functional groups attached to an aromatic ring is 1. The van der Waals surface area contributed by atoms with Crippen LogP contribution in [0.1, 0.15) is 0 Å². The number of hydrogen-bond acceptors (Lipinski definition) is 4. The summed E-state index contributed by atoms with van der Waals surface area (Å²) < 4.78 is 0. The molecular weight excluding hydrogens is 242 g/mol. The largest absolute Gasteiger partial charge is 0.399 e. The van der Waals surface area contributed by atoms with Crippen molar-refractivity contribution in [2.24, 2.45) is 0 Å². The molecule has 3 nitrogen and oxygen atoms in total. The van der Waals surface area contributed by atoms with Crippen molar-refractivity contribution in [2.45, 2.75) is 9.79 Å². The van der Waals surface area contributed by atoms with Gasteiger partial charge in [0.15, 0.2) is 0 Å². The van der Waals surface area contributed by atoms with Crippen molar-refractivity contribution in [2.75, 3.05) is 30.0 Å². The standard InChI is InChI=1S/C14H15N3S/c1-17(2)10-4-6-14-12(8-10)16-11-7-9(15)3-5-13(11)18-14/h3-8,16H,15H2,1-2H3. The molecule has 0 atom stereocenters. The smallest absolute Gasteiger partial charge is 0.0547 e. The summed E-state index contributed by atoms with van der Waals surface area (Å²) in [5.41, 5.74) is 10.0. The maximum Gasteiger partial charge on any atom is 0.0547 e. The number of anilines is 4. The molecule has 0 unspecified atom stereocenters. The normalized spacial score (nSPS) is 12.3. The molecule has 0 fully saturated rings. The van der Waals surface area contributed by atoms with Crippen LogP contribution in [0.4, 0.5) is 22.7 Å². The summed E-state index contributed by atoms with van der Waals surface area (Å²) in [4.78, 5) is 4.56. The Labute approximate surface area is 111 Å². The zero-order valence-corrected chi connectivity index (χ0v) is 11.2. The molecule has 18 heavy (non-hydrogen) atoms. The van der Waals surface area contributed by atoms with Crippen LogP contribution in [0.15, 0.2) is 46.2 Å². The highest BCUT2D eigenvalue weighted by Crippen LogP contribution is 2.45. The third-order valence-corrected chi connectivity index (χ3v) is 4.12. The van der Waals surface area contributed by atoms with E-state index in [1.54, 1.807) is 11.8 Å². The highest BCUT2D eigenvalue weighted by atomic mass is 32.2. The van der Waals surface area contributed by atoms with Crippen molar-refractivity contribution in [3.8, 4) is 0 Å². The lowest BCUT2D eigenvalue weighted by molar-refractivity contribution is 1.12. The van der Waals surface area contributed by atoms with Crippen LogP contribution in [-0.4, -0.2) is 14.1 Å². The lowest BCUT2D eigenvalue weighted by Gasteiger charge is -2.23. The van der Waals surface area contributed by atoms with E-state index in [2.05, 4.69) is 34.5 Å². The molecule has 0 aliphatic carbocycles. The summed E-state index contributed by atoms with van der Waals surface area (Å²) in [6, 6.07) is 12.4. The number of nitrogens with two attached hydrogens (primary N) is 1. The first kappa shape index (κ1) is 11.3. The van der Waals surface area contributed by atoms with Crippen LogP contribution in [0.2, 0.25) is 0 Å². The van der Waals surface area contributed by atoms with Crippen LogP contribution in [0.3, 0.4) is 0 Å². The fourth-order valence-corrected chi connectivity index (χ4v) is 2.93. The molecule has 2 aromatic carbocycles. The molecule has 92 valence electrons. The Morgan fingerprint density at radius 3 is 2.39 bits per heavy atom. The summed E-state index contributed by atoms with van der Waals surface area (Å²) in [6.07, 6.45) is 0. The molecule has 1 heterocycles. The molecule has 3 N–H and O–H groups in total. The van der Waals surface area contributed by atoms with Gasteiger partial charge in [0.25, 0.3) is 0 Å². The molecule has 4 heteroatoms. The van der Waals surface area contributed by atoms with Gasteiger partial charge in [0.1, 0.15) is 0 Å². The summed E-state index contributed by atoms with van der Waals surface area (Å²) in [5, 5.41) is 3.45. The number of benzene rings is 2. The number of fused-ring (bicyclic) bond motifs is 2. The first-order valence-corrected chi connectivity index (χ1v) is 6.61. The van der Waals surface area contributed by atoms with Crippen LogP contribution < -0.4 is 16.0 Å².